The van der Waals surface area contributed by atoms with Crippen LogP contribution in [0.15, 0.2) is 36.0 Å². The largest absolute Gasteiger partial charge is 0.478 e. The highest BCUT2D eigenvalue weighted by atomic mass is 16.4. The van der Waals surface area contributed by atoms with Crippen LogP contribution in [0, 0.1) is 34.5 Å². The number of carboxylic acid groups (broad SMARTS) is 1. The maximum absolute atomic E-state index is 12.6. The van der Waals surface area contributed by atoms with E-state index in [-0.39, 0.29) is 22.2 Å². The number of carbonyl (C=O) groups excluding carboxylic acids is 1. The van der Waals surface area contributed by atoms with E-state index in [1.54, 1.807) is 25.1 Å². The number of carbonyl (C=O) groups is 2. The number of fused-ring (bicyclic) bond motifs is 6. The maximum Gasteiger partial charge on any atom is 0.335 e. The maximum atomic E-state index is 12.6. The summed E-state index contributed by atoms with van der Waals surface area (Å²) in [6.45, 7) is 8.50. The molecule has 190 valence electrons. The number of ketones is 1. The molecule has 1 aromatic heterocycles. The zero-order valence-corrected chi connectivity index (χ0v) is 21.6. The van der Waals surface area contributed by atoms with Crippen LogP contribution in [0.1, 0.15) is 81.4 Å². The second-order valence-electron chi connectivity index (χ2n) is 12.5. The van der Waals surface area contributed by atoms with Crippen molar-refractivity contribution in [2.45, 2.75) is 71.8 Å². The first-order chi connectivity index (χ1) is 17.0. The van der Waals surface area contributed by atoms with Gasteiger partial charge in [-0.2, -0.15) is 5.10 Å². The first-order valence-electron chi connectivity index (χ1n) is 13.4. The Morgan fingerprint density at radius 3 is 2.61 bits per heavy atom. The number of benzene rings is 1. The summed E-state index contributed by atoms with van der Waals surface area (Å²) >= 11 is 0. The van der Waals surface area contributed by atoms with Crippen molar-refractivity contribution in [3.63, 3.8) is 0 Å². The van der Waals surface area contributed by atoms with Gasteiger partial charge in [-0.05, 0) is 104 Å². The average Bonchev–Trinajstić information content (AvgIpc) is 3.36. The lowest BCUT2D eigenvalue weighted by molar-refractivity contribution is -0.160. The third-order valence-corrected chi connectivity index (χ3v) is 10.8. The molecule has 0 unspecified atom stereocenters. The van der Waals surface area contributed by atoms with Crippen molar-refractivity contribution in [1.82, 2.24) is 9.78 Å². The lowest BCUT2D eigenvalue weighted by Gasteiger charge is -2.60. The van der Waals surface area contributed by atoms with Gasteiger partial charge in [-0.15, -0.1) is 0 Å². The number of aromatic carboxylic acids is 1. The first-order valence-corrected chi connectivity index (χ1v) is 13.4. The monoisotopic (exact) mass is 488 g/mol. The Morgan fingerprint density at radius 1 is 1.14 bits per heavy atom. The van der Waals surface area contributed by atoms with Gasteiger partial charge in [0.2, 0.25) is 0 Å². The van der Waals surface area contributed by atoms with E-state index in [0.717, 1.165) is 43.5 Å². The van der Waals surface area contributed by atoms with Crippen molar-refractivity contribution in [2.75, 3.05) is 0 Å². The molecule has 0 radical (unpaired) electrons. The van der Waals surface area contributed by atoms with Crippen molar-refractivity contribution in [3.8, 4) is 5.69 Å². The van der Waals surface area contributed by atoms with Crippen molar-refractivity contribution < 1.29 is 19.8 Å². The Morgan fingerprint density at radius 2 is 1.89 bits per heavy atom. The second-order valence-corrected chi connectivity index (χ2v) is 12.5. The van der Waals surface area contributed by atoms with Gasteiger partial charge in [-0.25, -0.2) is 9.48 Å². The number of hydrogen-bond acceptors (Lipinski definition) is 4. The number of allylic oxidation sites excluding steroid dienone is 1. The summed E-state index contributed by atoms with van der Waals surface area (Å²) < 4.78 is 1.82. The van der Waals surface area contributed by atoms with Crippen LogP contribution in [-0.2, 0) is 11.2 Å². The van der Waals surface area contributed by atoms with Crippen LogP contribution < -0.4 is 0 Å². The van der Waals surface area contributed by atoms with Crippen LogP contribution in [0.3, 0.4) is 0 Å². The van der Waals surface area contributed by atoms with E-state index in [1.807, 2.05) is 10.7 Å². The predicted octanol–water partition coefficient (Wildman–Crippen LogP) is 5.32. The van der Waals surface area contributed by atoms with Crippen LogP contribution in [0.25, 0.3) is 11.8 Å². The van der Waals surface area contributed by atoms with Crippen LogP contribution in [0.5, 0.6) is 0 Å². The van der Waals surface area contributed by atoms with Crippen LogP contribution in [0.4, 0.5) is 0 Å². The Bertz CT molecular complexity index is 1310. The molecule has 0 amide bonds. The molecule has 2 N–H and O–H groups in total. The molecule has 0 saturated heterocycles. The molecule has 2 aromatic rings. The minimum atomic E-state index is -1.19. The van der Waals surface area contributed by atoms with E-state index in [9.17, 15) is 19.8 Å². The normalized spacial score (nSPS) is 38.9. The molecule has 7 atom stereocenters. The van der Waals surface area contributed by atoms with Crippen LogP contribution in [0.2, 0.25) is 0 Å². The van der Waals surface area contributed by atoms with E-state index >= 15 is 0 Å². The van der Waals surface area contributed by atoms with Gasteiger partial charge in [0.1, 0.15) is 5.60 Å². The van der Waals surface area contributed by atoms with Gasteiger partial charge in [0.25, 0.3) is 0 Å². The molecule has 4 aliphatic carbocycles. The number of aliphatic hydroxyl groups is 1. The summed E-state index contributed by atoms with van der Waals surface area (Å²) in [4.78, 5) is 24.0. The summed E-state index contributed by atoms with van der Waals surface area (Å²) in [6, 6.07) is 6.92. The SMILES string of the molecule is CC(=O)[C@@]1(O)CC[C@H]2[C@@H]3C[C@H](C)C4=Cc5nn(-c6cccc(C(=O)O)c6)cc5C[C@]4(C)[C@H]3CC[C@@]21C. The van der Waals surface area contributed by atoms with Gasteiger partial charge in [-0.3, -0.25) is 4.79 Å². The molecule has 0 spiro atoms. The van der Waals surface area contributed by atoms with Crippen LogP contribution in [-0.4, -0.2) is 37.3 Å². The zero-order valence-electron chi connectivity index (χ0n) is 21.6. The topological polar surface area (TPSA) is 92.4 Å². The molecule has 1 heterocycles. The number of carboxylic acids is 1. The standard InChI is InChI=1S/C30H36N2O4/c1-17-12-22-23(8-10-29(4)24(22)9-11-30(29,36)18(2)33)28(3)15-20-16-32(31-26(20)14-25(17)28)21-7-5-6-19(13-21)27(34)35/h5-7,13-14,16-17,22-24,36H,8-12,15H2,1-4H3,(H,34,35)/t17-,22+,23-,24-,28+,29-,30-/m0/s1. The van der Waals surface area contributed by atoms with Crippen molar-refractivity contribution in [3.05, 3.63) is 52.9 Å². The van der Waals surface area contributed by atoms with Gasteiger partial charge >= 0.3 is 5.97 Å². The molecule has 3 saturated carbocycles. The Kier molecular flexibility index (Phi) is 5.02. The van der Waals surface area contributed by atoms with Crippen molar-refractivity contribution in [2.24, 2.45) is 34.5 Å². The Labute approximate surface area is 212 Å². The lowest BCUT2D eigenvalue weighted by Crippen LogP contribution is -2.58. The van der Waals surface area contributed by atoms with Crippen molar-refractivity contribution in [1.29, 1.82) is 0 Å². The van der Waals surface area contributed by atoms with Gasteiger partial charge in [-0.1, -0.05) is 32.4 Å². The van der Waals surface area contributed by atoms with E-state index in [1.165, 1.54) is 11.1 Å². The fourth-order valence-electron chi connectivity index (χ4n) is 8.99. The summed E-state index contributed by atoms with van der Waals surface area (Å²) in [5.74, 6) is 0.787. The third kappa shape index (κ3) is 3.03. The molecule has 6 heteroatoms. The van der Waals surface area contributed by atoms with E-state index < -0.39 is 11.6 Å². The summed E-state index contributed by atoms with van der Waals surface area (Å²) in [6.07, 6.45) is 9.81. The molecule has 4 aliphatic rings. The minimum Gasteiger partial charge on any atom is -0.478 e. The van der Waals surface area contributed by atoms with Gasteiger partial charge < -0.3 is 10.2 Å². The molecule has 6 rings (SSSR count). The molecule has 3 fully saturated rings. The second kappa shape index (κ2) is 7.64. The highest BCUT2D eigenvalue weighted by Crippen LogP contribution is 2.68. The summed E-state index contributed by atoms with van der Waals surface area (Å²) in [5, 5.41) is 25.7. The smallest absolute Gasteiger partial charge is 0.335 e. The number of aromatic nitrogens is 2. The number of rotatable bonds is 3. The zero-order chi connectivity index (χ0) is 25.6. The van der Waals surface area contributed by atoms with Crippen LogP contribution >= 0.6 is 0 Å². The van der Waals surface area contributed by atoms with Gasteiger partial charge in [0.15, 0.2) is 5.78 Å². The molecule has 0 aliphatic heterocycles. The third-order valence-electron chi connectivity index (χ3n) is 10.8. The van der Waals surface area contributed by atoms with Gasteiger partial charge in [0.05, 0.1) is 16.9 Å². The molecular formula is C30H36N2O4. The summed E-state index contributed by atoms with van der Waals surface area (Å²) in [5.41, 5.74) is 3.17. The molecular weight excluding hydrogens is 452 g/mol. The molecule has 0 bridgehead atoms. The van der Waals surface area contributed by atoms with E-state index in [4.69, 9.17) is 5.10 Å². The van der Waals surface area contributed by atoms with E-state index in [0.29, 0.717) is 30.1 Å². The highest BCUT2D eigenvalue weighted by molar-refractivity contribution is 5.88. The average molecular weight is 489 g/mol. The van der Waals surface area contributed by atoms with E-state index in [2.05, 4.69) is 33.0 Å². The number of nitrogens with zero attached hydrogens (tertiary/aromatic N) is 2. The Balaban J connectivity index is 1.36. The summed E-state index contributed by atoms with van der Waals surface area (Å²) in [7, 11) is 0. The Hall–Kier alpha value is -2.73. The fraction of sp³-hybridized carbons (Fsp3) is 0.567. The van der Waals surface area contributed by atoms with Crippen molar-refractivity contribution >= 4 is 17.8 Å². The molecule has 36 heavy (non-hydrogen) atoms. The van der Waals surface area contributed by atoms with Gasteiger partial charge in [0, 0.05) is 11.6 Å². The number of Topliss-reactive ketones (excluding diaryl/α,β-unsaturated/α-hetero) is 1. The minimum absolute atomic E-state index is 0.0182. The number of hydrogen-bond donors (Lipinski definition) is 2. The fourth-order valence-corrected chi connectivity index (χ4v) is 8.99. The quantitative estimate of drug-likeness (QED) is 0.610. The molecule has 1 aromatic carbocycles. The molecule has 6 nitrogen and oxygen atoms in total. The predicted molar refractivity (Wildman–Crippen MR) is 137 cm³/mol. The highest BCUT2D eigenvalue weighted by Gasteiger charge is 2.66. The lowest BCUT2D eigenvalue weighted by atomic mass is 9.44. The first kappa shape index (κ1) is 23.7.